The molecule has 0 aromatic rings. The van der Waals surface area contributed by atoms with E-state index in [1.54, 1.807) is 0 Å². The van der Waals surface area contributed by atoms with Crippen molar-refractivity contribution in [2.24, 2.45) is 11.7 Å². The Morgan fingerprint density at radius 1 is 0.846 bits per heavy atom. The van der Waals surface area contributed by atoms with E-state index in [0.29, 0.717) is 0 Å². The third kappa shape index (κ3) is 1.69. The molecule has 1 fully saturated rings. The zero-order valence-electron chi connectivity index (χ0n) is 6.98. The van der Waals surface area contributed by atoms with Crippen molar-refractivity contribution in [3.05, 3.63) is 0 Å². The Bertz CT molecular complexity index is 162. The zero-order chi connectivity index (χ0) is 10.2. The van der Waals surface area contributed by atoms with Crippen molar-refractivity contribution in [1.29, 1.82) is 0 Å². The lowest BCUT2D eigenvalue weighted by Crippen LogP contribution is -2.64. The van der Waals surface area contributed by atoms with Crippen LogP contribution in [-0.2, 0) is 0 Å². The highest BCUT2D eigenvalue weighted by Gasteiger charge is 2.46. The SMILES string of the molecule is N[C@H]1[C@@H](O)[C@H](CO)[C@@H](O)[C@H](O)[C@H]1O. The molecule has 1 rings (SSSR count). The molecule has 6 heteroatoms. The molecule has 0 unspecified atom stereocenters. The molecule has 7 N–H and O–H groups in total. The molecule has 1 aliphatic rings. The van der Waals surface area contributed by atoms with Crippen molar-refractivity contribution in [3.63, 3.8) is 0 Å². The van der Waals surface area contributed by atoms with Gasteiger partial charge in [0.25, 0.3) is 0 Å². The molecule has 78 valence electrons. The van der Waals surface area contributed by atoms with Crippen LogP contribution in [-0.4, -0.2) is 62.6 Å². The highest BCUT2D eigenvalue weighted by molar-refractivity contribution is 4.99. The van der Waals surface area contributed by atoms with Crippen LogP contribution in [0, 0.1) is 5.92 Å². The summed E-state index contributed by atoms with van der Waals surface area (Å²) in [5.41, 5.74) is 5.36. The lowest BCUT2D eigenvalue weighted by Gasteiger charge is -2.41. The average molecular weight is 193 g/mol. The van der Waals surface area contributed by atoms with E-state index in [4.69, 9.17) is 10.8 Å². The van der Waals surface area contributed by atoms with Gasteiger partial charge in [-0.15, -0.1) is 0 Å². The maximum absolute atomic E-state index is 9.38. The Labute approximate surface area is 75.2 Å². The highest BCUT2D eigenvalue weighted by atomic mass is 16.4. The molecule has 6 nitrogen and oxygen atoms in total. The minimum absolute atomic E-state index is 0.486. The third-order valence-electron chi connectivity index (χ3n) is 2.58. The van der Waals surface area contributed by atoms with E-state index in [1.807, 2.05) is 0 Å². The second kappa shape index (κ2) is 3.87. The van der Waals surface area contributed by atoms with E-state index in [0.717, 1.165) is 0 Å². The Kier molecular flexibility index (Phi) is 3.23. The van der Waals surface area contributed by atoms with Gasteiger partial charge in [-0.05, 0) is 0 Å². The second-order valence-corrected chi connectivity index (χ2v) is 3.39. The first-order chi connectivity index (χ1) is 6.00. The number of aliphatic hydroxyl groups excluding tert-OH is 5. The van der Waals surface area contributed by atoms with Crippen LogP contribution in [0.5, 0.6) is 0 Å². The van der Waals surface area contributed by atoms with Gasteiger partial charge in [0.2, 0.25) is 0 Å². The van der Waals surface area contributed by atoms with Crippen molar-refractivity contribution >= 4 is 0 Å². The number of hydrogen-bond donors (Lipinski definition) is 6. The second-order valence-electron chi connectivity index (χ2n) is 3.39. The molecule has 13 heavy (non-hydrogen) atoms. The Balaban J connectivity index is 2.79. The summed E-state index contributed by atoms with van der Waals surface area (Å²) in [6.45, 7) is -0.486. The summed E-state index contributed by atoms with van der Waals surface area (Å²) in [4.78, 5) is 0. The predicted molar refractivity (Wildman–Crippen MR) is 42.6 cm³/mol. The molecule has 1 saturated carbocycles. The molecule has 0 radical (unpaired) electrons. The fraction of sp³-hybridized carbons (Fsp3) is 1.00. The molecule has 0 bridgehead atoms. The molecular formula is C7H15NO5. The molecule has 0 aliphatic heterocycles. The normalized spacial score (nSPS) is 52.2. The topological polar surface area (TPSA) is 127 Å². The molecule has 0 amide bonds. The standard InChI is InChI=1S/C7H15NO5/c8-3-4(10)2(1-9)5(11)7(13)6(3)12/h2-7,9-13H,1,8H2/t2-,3-,4-,5+,6-,7-/m0/s1. The van der Waals surface area contributed by atoms with E-state index in [-0.39, 0.29) is 0 Å². The molecule has 6 atom stereocenters. The zero-order valence-corrected chi connectivity index (χ0v) is 6.98. The highest BCUT2D eigenvalue weighted by Crippen LogP contribution is 2.24. The van der Waals surface area contributed by atoms with Gasteiger partial charge in [-0.1, -0.05) is 0 Å². The number of nitrogens with two attached hydrogens (primary N) is 1. The molecule has 0 aromatic carbocycles. The van der Waals surface area contributed by atoms with Crippen LogP contribution in [0.25, 0.3) is 0 Å². The summed E-state index contributed by atoms with van der Waals surface area (Å²) >= 11 is 0. The Morgan fingerprint density at radius 2 is 1.38 bits per heavy atom. The first-order valence-corrected chi connectivity index (χ1v) is 4.09. The number of aliphatic hydroxyl groups is 5. The van der Waals surface area contributed by atoms with Crippen LogP contribution >= 0.6 is 0 Å². The molecular weight excluding hydrogens is 178 g/mol. The Hall–Kier alpha value is -0.240. The van der Waals surface area contributed by atoms with Gasteiger partial charge in [0.15, 0.2) is 0 Å². The summed E-state index contributed by atoms with van der Waals surface area (Å²) < 4.78 is 0. The molecule has 0 saturated heterocycles. The average Bonchev–Trinajstić information content (AvgIpc) is 2.13. The molecule has 1 aliphatic carbocycles. The summed E-state index contributed by atoms with van der Waals surface area (Å²) in [6, 6.07) is -1.05. The molecule has 0 aromatic heterocycles. The van der Waals surface area contributed by atoms with E-state index >= 15 is 0 Å². The third-order valence-corrected chi connectivity index (χ3v) is 2.58. The monoisotopic (exact) mass is 193 g/mol. The van der Waals surface area contributed by atoms with Gasteiger partial charge in [-0.3, -0.25) is 0 Å². The van der Waals surface area contributed by atoms with Gasteiger partial charge < -0.3 is 31.3 Å². The van der Waals surface area contributed by atoms with Crippen LogP contribution in [0.1, 0.15) is 0 Å². The van der Waals surface area contributed by atoms with E-state index in [2.05, 4.69) is 0 Å². The van der Waals surface area contributed by atoms with Crippen LogP contribution in [0.2, 0.25) is 0 Å². The molecule has 0 spiro atoms. The van der Waals surface area contributed by atoms with Crippen LogP contribution in [0.15, 0.2) is 0 Å². The van der Waals surface area contributed by atoms with Crippen LogP contribution < -0.4 is 5.73 Å². The van der Waals surface area contributed by atoms with Crippen molar-refractivity contribution in [1.82, 2.24) is 0 Å². The maximum Gasteiger partial charge on any atom is 0.108 e. The smallest absolute Gasteiger partial charge is 0.108 e. The van der Waals surface area contributed by atoms with Gasteiger partial charge in [0, 0.05) is 5.92 Å². The van der Waals surface area contributed by atoms with Crippen LogP contribution in [0.3, 0.4) is 0 Å². The van der Waals surface area contributed by atoms with Gasteiger partial charge in [0.1, 0.15) is 12.2 Å². The van der Waals surface area contributed by atoms with Crippen LogP contribution in [0.4, 0.5) is 0 Å². The van der Waals surface area contributed by atoms with Crippen molar-refractivity contribution in [2.75, 3.05) is 6.61 Å². The van der Waals surface area contributed by atoms with E-state index in [9.17, 15) is 20.4 Å². The first kappa shape index (κ1) is 10.8. The van der Waals surface area contributed by atoms with Gasteiger partial charge in [0.05, 0.1) is 24.9 Å². The summed E-state index contributed by atoms with van der Waals surface area (Å²) in [6.07, 6.45) is -5.35. The maximum atomic E-state index is 9.38. The number of rotatable bonds is 1. The minimum Gasteiger partial charge on any atom is -0.396 e. The minimum atomic E-state index is -1.42. The van der Waals surface area contributed by atoms with Crippen molar-refractivity contribution in [3.8, 4) is 0 Å². The van der Waals surface area contributed by atoms with Crippen molar-refractivity contribution in [2.45, 2.75) is 30.5 Å². The van der Waals surface area contributed by atoms with Crippen molar-refractivity contribution < 1.29 is 25.5 Å². The molecule has 0 heterocycles. The Morgan fingerprint density at radius 3 is 1.85 bits per heavy atom. The van der Waals surface area contributed by atoms with Gasteiger partial charge >= 0.3 is 0 Å². The fourth-order valence-corrected chi connectivity index (χ4v) is 1.59. The largest absolute Gasteiger partial charge is 0.396 e. The first-order valence-electron chi connectivity index (χ1n) is 4.09. The van der Waals surface area contributed by atoms with E-state index < -0.39 is 43.0 Å². The quantitative estimate of drug-likeness (QED) is 0.255. The fourth-order valence-electron chi connectivity index (χ4n) is 1.59. The lowest BCUT2D eigenvalue weighted by atomic mass is 9.78. The van der Waals surface area contributed by atoms with E-state index in [1.165, 1.54) is 0 Å². The summed E-state index contributed by atoms with van der Waals surface area (Å²) in [7, 11) is 0. The summed E-state index contributed by atoms with van der Waals surface area (Å²) in [5.74, 6) is -0.909. The number of hydrogen-bond acceptors (Lipinski definition) is 6. The summed E-state index contributed by atoms with van der Waals surface area (Å²) in [5, 5.41) is 45.9. The lowest BCUT2D eigenvalue weighted by molar-refractivity contribution is -0.167. The van der Waals surface area contributed by atoms with Gasteiger partial charge in [-0.2, -0.15) is 0 Å². The van der Waals surface area contributed by atoms with Gasteiger partial charge in [-0.25, -0.2) is 0 Å². The predicted octanol–water partition coefficient (Wildman–Crippen LogP) is -3.62.